The highest BCUT2D eigenvalue weighted by Crippen LogP contribution is 2.23. The number of ether oxygens (including phenoxy) is 1. The minimum absolute atomic E-state index is 0.146. The van der Waals surface area contributed by atoms with Crippen molar-refractivity contribution in [3.05, 3.63) is 47.6 Å². The van der Waals surface area contributed by atoms with Crippen molar-refractivity contribution in [1.29, 1.82) is 5.26 Å². The maximum absolute atomic E-state index is 12.2. The Morgan fingerprint density at radius 3 is 2.67 bits per heavy atom. The molecule has 8 nitrogen and oxygen atoms in total. The first kappa shape index (κ1) is 21.4. The van der Waals surface area contributed by atoms with Gasteiger partial charge in [-0.15, -0.1) is 0 Å². The first-order chi connectivity index (χ1) is 14.3. The van der Waals surface area contributed by atoms with E-state index in [0.29, 0.717) is 36.0 Å². The Hall–Kier alpha value is -3.34. The molecule has 1 saturated heterocycles. The van der Waals surface area contributed by atoms with Crippen molar-refractivity contribution in [2.45, 2.75) is 52.2 Å². The van der Waals surface area contributed by atoms with Gasteiger partial charge < -0.3 is 20.3 Å². The predicted octanol–water partition coefficient (Wildman–Crippen LogP) is 3.50. The SMILES string of the molecule is Cc1cnc(NC2CCN(C(=O)OC(C)(C)C)CC2)nc1/C(C#N)=C1/C=CC=CN1. The lowest BCUT2D eigenvalue weighted by molar-refractivity contribution is 0.0210. The van der Waals surface area contributed by atoms with E-state index in [1.165, 1.54) is 0 Å². The predicted molar refractivity (Wildman–Crippen MR) is 115 cm³/mol. The summed E-state index contributed by atoms with van der Waals surface area (Å²) in [5, 5.41) is 16.1. The summed E-state index contributed by atoms with van der Waals surface area (Å²) in [6, 6.07) is 2.40. The van der Waals surface area contributed by atoms with Crippen LogP contribution in [0.3, 0.4) is 0 Å². The van der Waals surface area contributed by atoms with Crippen LogP contribution in [-0.2, 0) is 4.74 Å². The average Bonchev–Trinajstić information content (AvgIpc) is 2.71. The largest absolute Gasteiger partial charge is 0.444 e. The number of rotatable bonds is 3. The topological polar surface area (TPSA) is 103 Å². The molecule has 1 fully saturated rings. The minimum Gasteiger partial charge on any atom is -0.444 e. The van der Waals surface area contributed by atoms with Gasteiger partial charge in [0.15, 0.2) is 0 Å². The Balaban J connectivity index is 1.67. The van der Waals surface area contributed by atoms with Crippen LogP contribution >= 0.6 is 0 Å². The maximum atomic E-state index is 12.2. The number of likely N-dealkylation sites (tertiary alicyclic amines) is 1. The molecule has 0 unspecified atom stereocenters. The zero-order chi connectivity index (χ0) is 21.7. The molecule has 0 bridgehead atoms. The van der Waals surface area contributed by atoms with Crippen LogP contribution in [0, 0.1) is 18.3 Å². The van der Waals surface area contributed by atoms with Crippen molar-refractivity contribution in [3.8, 4) is 6.07 Å². The number of aryl methyl sites for hydroxylation is 1. The van der Waals surface area contributed by atoms with Gasteiger partial charge in [0, 0.05) is 31.5 Å². The molecule has 8 heteroatoms. The molecule has 3 heterocycles. The van der Waals surface area contributed by atoms with Crippen LogP contribution < -0.4 is 10.6 Å². The maximum Gasteiger partial charge on any atom is 0.410 e. The van der Waals surface area contributed by atoms with Crippen LogP contribution in [0.4, 0.5) is 10.7 Å². The first-order valence-electron chi connectivity index (χ1n) is 10.1. The van der Waals surface area contributed by atoms with Gasteiger partial charge in [-0.1, -0.05) is 6.08 Å². The highest BCUT2D eigenvalue weighted by Gasteiger charge is 2.27. The van der Waals surface area contributed by atoms with Gasteiger partial charge in [0.2, 0.25) is 5.95 Å². The molecule has 0 saturated carbocycles. The quantitative estimate of drug-likeness (QED) is 0.738. The summed E-state index contributed by atoms with van der Waals surface area (Å²) < 4.78 is 5.45. The van der Waals surface area contributed by atoms with Crippen molar-refractivity contribution in [2.75, 3.05) is 18.4 Å². The van der Waals surface area contributed by atoms with E-state index in [-0.39, 0.29) is 12.1 Å². The van der Waals surface area contributed by atoms with Gasteiger partial charge in [-0.3, -0.25) is 0 Å². The fraction of sp³-hybridized carbons (Fsp3) is 0.455. The third-order valence-corrected chi connectivity index (χ3v) is 4.78. The number of anilines is 1. The van der Waals surface area contributed by atoms with E-state index in [1.807, 2.05) is 45.9 Å². The number of carbonyl (C=O) groups is 1. The van der Waals surface area contributed by atoms with Crippen molar-refractivity contribution in [2.24, 2.45) is 0 Å². The molecule has 158 valence electrons. The number of hydrogen-bond acceptors (Lipinski definition) is 7. The van der Waals surface area contributed by atoms with Crippen molar-refractivity contribution in [3.63, 3.8) is 0 Å². The van der Waals surface area contributed by atoms with Crippen LogP contribution in [0.25, 0.3) is 5.57 Å². The van der Waals surface area contributed by atoms with Crippen LogP contribution in [0.15, 0.2) is 36.3 Å². The number of hydrogen-bond donors (Lipinski definition) is 2. The van der Waals surface area contributed by atoms with E-state index in [9.17, 15) is 10.1 Å². The zero-order valence-corrected chi connectivity index (χ0v) is 17.9. The number of carbonyl (C=O) groups excluding carboxylic acids is 1. The van der Waals surface area contributed by atoms with E-state index in [0.717, 1.165) is 18.4 Å². The molecule has 2 aliphatic heterocycles. The van der Waals surface area contributed by atoms with E-state index >= 15 is 0 Å². The monoisotopic (exact) mass is 408 g/mol. The molecular weight excluding hydrogens is 380 g/mol. The second-order valence-electron chi connectivity index (χ2n) is 8.37. The summed E-state index contributed by atoms with van der Waals surface area (Å²) in [4.78, 5) is 23.0. The van der Waals surface area contributed by atoms with Crippen LogP contribution in [0.1, 0.15) is 44.9 Å². The van der Waals surface area contributed by atoms with Crippen molar-refractivity contribution < 1.29 is 9.53 Å². The lowest BCUT2D eigenvalue weighted by Gasteiger charge is -2.33. The fourth-order valence-electron chi connectivity index (χ4n) is 3.27. The molecule has 2 aliphatic rings. The van der Waals surface area contributed by atoms with Gasteiger partial charge in [0.1, 0.15) is 17.2 Å². The summed E-state index contributed by atoms with van der Waals surface area (Å²) in [7, 11) is 0. The van der Waals surface area contributed by atoms with E-state index in [2.05, 4.69) is 26.7 Å². The van der Waals surface area contributed by atoms with Crippen molar-refractivity contribution >= 4 is 17.6 Å². The lowest BCUT2D eigenvalue weighted by atomic mass is 10.1. The number of nitriles is 1. The summed E-state index contributed by atoms with van der Waals surface area (Å²) >= 11 is 0. The van der Waals surface area contributed by atoms with Gasteiger partial charge >= 0.3 is 6.09 Å². The van der Waals surface area contributed by atoms with Gasteiger partial charge in [0.25, 0.3) is 0 Å². The zero-order valence-electron chi connectivity index (χ0n) is 17.9. The highest BCUT2D eigenvalue weighted by atomic mass is 16.6. The first-order valence-corrected chi connectivity index (χ1v) is 10.1. The number of nitrogens with one attached hydrogen (secondary N) is 2. The van der Waals surface area contributed by atoms with Crippen LogP contribution in [0.2, 0.25) is 0 Å². The van der Waals surface area contributed by atoms with Gasteiger partial charge in [-0.2, -0.15) is 5.26 Å². The molecule has 0 atom stereocenters. The Morgan fingerprint density at radius 2 is 2.07 bits per heavy atom. The van der Waals surface area contributed by atoms with Gasteiger partial charge in [0.05, 0.1) is 11.4 Å². The number of piperidine rings is 1. The molecule has 1 aromatic heterocycles. The van der Waals surface area contributed by atoms with Crippen LogP contribution in [-0.4, -0.2) is 45.7 Å². The van der Waals surface area contributed by atoms with Gasteiger partial charge in [-0.05, 0) is 58.3 Å². The molecule has 0 spiro atoms. The summed E-state index contributed by atoms with van der Waals surface area (Å²) in [6.07, 6.45) is 10.3. The molecule has 0 aliphatic carbocycles. The molecule has 3 rings (SSSR count). The van der Waals surface area contributed by atoms with E-state index in [1.54, 1.807) is 17.3 Å². The minimum atomic E-state index is -0.497. The normalized spacial score (nSPS) is 18.4. The number of aromatic nitrogens is 2. The number of dihydropyridines is 1. The van der Waals surface area contributed by atoms with E-state index < -0.39 is 5.60 Å². The molecule has 1 aromatic rings. The molecular formula is C22H28N6O2. The number of allylic oxidation sites excluding steroid dienone is 4. The standard InChI is InChI=1S/C22H28N6O2/c1-15-14-25-20(27-19(15)17(13-23)18-7-5-6-10-24-18)26-16-8-11-28(12-9-16)21(29)30-22(2,3)4/h5-7,10,14,16,24H,8-9,11-12H2,1-4H3,(H,25,26,27)/b18-17-. The van der Waals surface area contributed by atoms with E-state index in [4.69, 9.17) is 4.74 Å². The van der Waals surface area contributed by atoms with Gasteiger partial charge in [-0.25, -0.2) is 14.8 Å². The van der Waals surface area contributed by atoms with Crippen LogP contribution in [0.5, 0.6) is 0 Å². The third-order valence-electron chi connectivity index (χ3n) is 4.78. The second-order valence-corrected chi connectivity index (χ2v) is 8.37. The highest BCUT2D eigenvalue weighted by molar-refractivity contribution is 5.81. The second kappa shape index (κ2) is 8.99. The summed E-state index contributed by atoms with van der Waals surface area (Å²) in [5.74, 6) is 0.481. The summed E-state index contributed by atoms with van der Waals surface area (Å²) in [5.41, 5.74) is 2.11. The lowest BCUT2D eigenvalue weighted by Crippen LogP contribution is -2.44. The Labute approximate surface area is 177 Å². The van der Waals surface area contributed by atoms with Crippen molar-refractivity contribution in [1.82, 2.24) is 20.2 Å². The fourth-order valence-corrected chi connectivity index (χ4v) is 3.27. The average molecular weight is 409 g/mol. The third kappa shape index (κ3) is 5.38. The number of nitrogens with zero attached hydrogens (tertiary/aromatic N) is 4. The Morgan fingerprint density at radius 1 is 1.33 bits per heavy atom. The smallest absolute Gasteiger partial charge is 0.410 e. The molecule has 30 heavy (non-hydrogen) atoms. The Bertz CT molecular complexity index is 928. The molecule has 2 N–H and O–H groups in total. The number of amides is 1. The molecule has 0 aromatic carbocycles. The Kier molecular flexibility index (Phi) is 6.40. The molecule has 1 amide bonds. The summed E-state index contributed by atoms with van der Waals surface area (Å²) in [6.45, 7) is 8.71. The molecule has 0 radical (unpaired) electrons.